The van der Waals surface area contributed by atoms with Crippen molar-refractivity contribution in [2.75, 3.05) is 27.4 Å². The first kappa shape index (κ1) is 16.7. The second-order valence-electron chi connectivity index (χ2n) is 5.65. The Hall–Kier alpha value is -2.12. The van der Waals surface area contributed by atoms with E-state index in [4.69, 9.17) is 26.4 Å². The summed E-state index contributed by atoms with van der Waals surface area (Å²) in [4.78, 5) is 14.2. The van der Waals surface area contributed by atoms with Crippen molar-refractivity contribution >= 4 is 29.3 Å². The fraction of sp³-hybridized carbons (Fsp3) is 0.412. The molecule has 0 spiro atoms. The number of hydrogen-bond donors (Lipinski definition) is 1. The predicted octanol–water partition coefficient (Wildman–Crippen LogP) is 1.94. The van der Waals surface area contributed by atoms with Crippen LogP contribution in [0.4, 0.5) is 0 Å². The number of amides is 1. The Morgan fingerprint density at radius 1 is 1.42 bits per heavy atom. The quantitative estimate of drug-likeness (QED) is 0.648. The van der Waals surface area contributed by atoms with Crippen LogP contribution in [-0.2, 0) is 9.53 Å². The van der Waals surface area contributed by atoms with Gasteiger partial charge in [0.2, 0.25) is 0 Å². The van der Waals surface area contributed by atoms with E-state index in [1.165, 1.54) is 0 Å². The van der Waals surface area contributed by atoms with Gasteiger partial charge in [-0.3, -0.25) is 9.69 Å². The van der Waals surface area contributed by atoms with E-state index in [9.17, 15) is 4.79 Å². The number of carbonyl (C=O) groups excluding carboxylic acids is 1. The zero-order chi connectivity index (χ0) is 17.1. The Bertz CT molecular complexity index is 683. The van der Waals surface area contributed by atoms with Crippen LogP contribution in [0.5, 0.6) is 11.5 Å². The zero-order valence-electron chi connectivity index (χ0n) is 13.7. The molecule has 1 N–H and O–H groups in total. The van der Waals surface area contributed by atoms with E-state index < -0.39 is 0 Å². The van der Waals surface area contributed by atoms with Gasteiger partial charge in [0.1, 0.15) is 17.2 Å². The van der Waals surface area contributed by atoms with Gasteiger partial charge in [0.15, 0.2) is 5.11 Å². The number of nitrogens with one attached hydrogen (secondary N) is 1. The minimum absolute atomic E-state index is 0.0589. The van der Waals surface area contributed by atoms with Crippen molar-refractivity contribution in [3.05, 3.63) is 29.5 Å². The van der Waals surface area contributed by atoms with Crippen LogP contribution in [0.3, 0.4) is 0 Å². The first-order valence-corrected chi connectivity index (χ1v) is 8.21. The summed E-state index contributed by atoms with van der Waals surface area (Å²) in [7, 11) is 3.17. The summed E-state index contributed by atoms with van der Waals surface area (Å²) in [5, 5.41) is 3.39. The molecule has 24 heavy (non-hydrogen) atoms. The molecule has 3 rings (SSSR count). The lowest BCUT2D eigenvalue weighted by Crippen LogP contribution is -2.37. The second-order valence-corrected chi connectivity index (χ2v) is 6.03. The molecule has 2 saturated heterocycles. The van der Waals surface area contributed by atoms with E-state index in [-0.39, 0.29) is 12.0 Å². The highest BCUT2D eigenvalue weighted by Crippen LogP contribution is 2.27. The highest BCUT2D eigenvalue weighted by Gasteiger charge is 2.33. The zero-order valence-corrected chi connectivity index (χ0v) is 14.5. The number of hydrogen-bond acceptors (Lipinski definition) is 5. The lowest BCUT2D eigenvalue weighted by Gasteiger charge is -2.18. The summed E-state index contributed by atoms with van der Waals surface area (Å²) in [6, 6.07) is 5.43. The van der Waals surface area contributed by atoms with E-state index in [0.717, 1.165) is 25.0 Å². The highest BCUT2D eigenvalue weighted by atomic mass is 32.1. The molecule has 0 bridgehead atoms. The van der Waals surface area contributed by atoms with E-state index >= 15 is 0 Å². The molecule has 2 heterocycles. The summed E-state index contributed by atoms with van der Waals surface area (Å²) in [5.74, 6) is 1.17. The van der Waals surface area contributed by atoms with Gasteiger partial charge >= 0.3 is 0 Å². The SMILES string of the molecule is COc1ccc(/C=C2\NC(=S)N(C[C@H]3CCCO3)C2=O)c(OC)c1. The molecule has 7 heteroatoms. The van der Waals surface area contributed by atoms with Gasteiger partial charge < -0.3 is 19.5 Å². The Labute approximate surface area is 146 Å². The summed E-state index contributed by atoms with van der Waals surface area (Å²) in [6.45, 7) is 1.24. The third-order valence-corrected chi connectivity index (χ3v) is 4.44. The standard InChI is InChI=1S/C17H20N2O4S/c1-21-12-6-5-11(15(9-12)22-2)8-14-16(20)19(17(24)18-14)10-13-4-3-7-23-13/h5-6,8-9,13H,3-4,7,10H2,1-2H3,(H,18,24)/b14-8-/t13-/m1/s1. The lowest BCUT2D eigenvalue weighted by molar-refractivity contribution is -0.123. The Kier molecular flexibility index (Phi) is 5.01. The molecule has 0 aromatic heterocycles. The smallest absolute Gasteiger partial charge is 0.276 e. The number of nitrogens with zero attached hydrogens (tertiary/aromatic N) is 1. The normalized spacial score (nSPS) is 22.2. The van der Waals surface area contributed by atoms with Gasteiger partial charge in [0, 0.05) is 18.2 Å². The van der Waals surface area contributed by atoms with Crippen LogP contribution in [0.15, 0.2) is 23.9 Å². The molecule has 2 aliphatic heterocycles. The Balaban J connectivity index is 1.80. The van der Waals surface area contributed by atoms with Crippen LogP contribution in [0.1, 0.15) is 18.4 Å². The molecule has 0 aliphatic carbocycles. The molecule has 2 aliphatic rings. The van der Waals surface area contributed by atoms with Gasteiger partial charge in [0.25, 0.3) is 5.91 Å². The topological polar surface area (TPSA) is 60.0 Å². The molecule has 6 nitrogen and oxygen atoms in total. The molecule has 0 unspecified atom stereocenters. The molecular formula is C17H20N2O4S. The maximum Gasteiger partial charge on any atom is 0.276 e. The van der Waals surface area contributed by atoms with Crippen LogP contribution in [0.2, 0.25) is 0 Å². The third kappa shape index (κ3) is 3.37. The van der Waals surface area contributed by atoms with Crippen molar-refractivity contribution in [2.45, 2.75) is 18.9 Å². The molecule has 1 aromatic carbocycles. The molecule has 0 radical (unpaired) electrons. The number of ether oxygens (including phenoxy) is 3. The number of rotatable bonds is 5. The molecule has 1 aromatic rings. The number of carbonyl (C=O) groups is 1. The summed E-state index contributed by atoms with van der Waals surface area (Å²) in [5.41, 5.74) is 1.21. The van der Waals surface area contributed by atoms with Crippen LogP contribution >= 0.6 is 12.2 Å². The van der Waals surface area contributed by atoms with E-state index in [0.29, 0.717) is 28.9 Å². The van der Waals surface area contributed by atoms with Gasteiger partial charge in [-0.15, -0.1) is 0 Å². The molecule has 2 fully saturated rings. The van der Waals surface area contributed by atoms with Crippen molar-refractivity contribution in [1.82, 2.24) is 10.2 Å². The summed E-state index contributed by atoms with van der Waals surface area (Å²) in [6.07, 6.45) is 3.78. The van der Waals surface area contributed by atoms with E-state index in [1.807, 2.05) is 12.1 Å². The molecule has 128 valence electrons. The highest BCUT2D eigenvalue weighted by molar-refractivity contribution is 7.80. The van der Waals surface area contributed by atoms with Gasteiger partial charge in [-0.1, -0.05) is 0 Å². The van der Waals surface area contributed by atoms with Gasteiger partial charge in [0.05, 0.1) is 26.9 Å². The average Bonchev–Trinajstić information content (AvgIpc) is 3.19. The molecule has 1 amide bonds. The molecule has 1 atom stereocenters. The summed E-state index contributed by atoms with van der Waals surface area (Å²) < 4.78 is 16.1. The van der Waals surface area contributed by atoms with Gasteiger partial charge in [-0.25, -0.2) is 0 Å². The first-order valence-electron chi connectivity index (χ1n) is 7.80. The summed E-state index contributed by atoms with van der Waals surface area (Å²) >= 11 is 5.29. The fourth-order valence-corrected chi connectivity index (χ4v) is 3.09. The maximum absolute atomic E-state index is 12.6. The third-order valence-electron chi connectivity index (χ3n) is 4.11. The fourth-order valence-electron chi connectivity index (χ4n) is 2.82. The van der Waals surface area contributed by atoms with Gasteiger partial charge in [-0.2, -0.15) is 0 Å². The largest absolute Gasteiger partial charge is 0.497 e. The maximum atomic E-state index is 12.6. The number of benzene rings is 1. The van der Waals surface area contributed by atoms with Crippen LogP contribution in [0.25, 0.3) is 6.08 Å². The lowest BCUT2D eigenvalue weighted by atomic mass is 10.1. The van der Waals surface area contributed by atoms with Crippen LogP contribution in [-0.4, -0.2) is 49.4 Å². The van der Waals surface area contributed by atoms with E-state index in [2.05, 4.69) is 5.32 Å². The van der Waals surface area contributed by atoms with Crippen molar-refractivity contribution < 1.29 is 19.0 Å². The van der Waals surface area contributed by atoms with Crippen molar-refractivity contribution in [3.8, 4) is 11.5 Å². The van der Waals surface area contributed by atoms with Crippen molar-refractivity contribution in [1.29, 1.82) is 0 Å². The molecule has 0 saturated carbocycles. The van der Waals surface area contributed by atoms with E-state index in [1.54, 1.807) is 31.3 Å². The molecular weight excluding hydrogens is 328 g/mol. The average molecular weight is 348 g/mol. The van der Waals surface area contributed by atoms with Crippen molar-refractivity contribution in [3.63, 3.8) is 0 Å². The predicted molar refractivity (Wildman–Crippen MR) is 93.9 cm³/mol. The number of methoxy groups -OCH3 is 2. The van der Waals surface area contributed by atoms with Crippen molar-refractivity contribution in [2.24, 2.45) is 0 Å². The Morgan fingerprint density at radius 2 is 2.25 bits per heavy atom. The van der Waals surface area contributed by atoms with Crippen LogP contribution < -0.4 is 14.8 Å². The Morgan fingerprint density at radius 3 is 2.92 bits per heavy atom. The van der Waals surface area contributed by atoms with Gasteiger partial charge in [-0.05, 0) is 43.3 Å². The van der Waals surface area contributed by atoms with Crippen LogP contribution in [0, 0.1) is 0 Å². The second kappa shape index (κ2) is 7.19. The number of thiocarbonyl (C=S) groups is 1. The monoisotopic (exact) mass is 348 g/mol. The minimum Gasteiger partial charge on any atom is -0.497 e. The first-order chi connectivity index (χ1) is 11.6. The minimum atomic E-state index is -0.145.